The molecule has 0 aliphatic carbocycles. The first-order chi connectivity index (χ1) is 15.6. The molecule has 0 spiro atoms. The lowest BCUT2D eigenvalue weighted by Crippen LogP contribution is -2.47. The number of carbonyl (C=O) groups excluding carboxylic acids is 2. The Kier molecular flexibility index (Phi) is 6.70. The lowest BCUT2D eigenvalue weighted by Gasteiger charge is -2.28. The Bertz CT molecular complexity index is 1050. The van der Waals surface area contributed by atoms with Gasteiger partial charge in [0, 0.05) is 25.3 Å². The first-order valence-electron chi connectivity index (χ1n) is 10.8. The molecular formula is C26H27N3O3. The molecule has 1 heterocycles. The average Bonchev–Trinajstić information content (AvgIpc) is 2.84. The van der Waals surface area contributed by atoms with Crippen LogP contribution in [-0.2, 0) is 16.1 Å². The quantitative estimate of drug-likeness (QED) is 0.604. The Balaban J connectivity index is 1.27. The maximum absolute atomic E-state index is 12.5. The molecule has 6 nitrogen and oxygen atoms in total. The second kappa shape index (κ2) is 10.0. The molecule has 4 rings (SSSR count). The van der Waals surface area contributed by atoms with Gasteiger partial charge in [-0.1, -0.05) is 54.6 Å². The number of piperazine rings is 1. The predicted molar refractivity (Wildman–Crippen MR) is 125 cm³/mol. The van der Waals surface area contributed by atoms with E-state index in [2.05, 4.69) is 22.8 Å². The van der Waals surface area contributed by atoms with E-state index in [4.69, 9.17) is 4.74 Å². The molecule has 1 aliphatic rings. The monoisotopic (exact) mass is 429 g/mol. The average molecular weight is 430 g/mol. The van der Waals surface area contributed by atoms with Crippen LogP contribution in [0.15, 0.2) is 78.9 Å². The third kappa shape index (κ3) is 5.46. The van der Waals surface area contributed by atoms with Gasteiger partial charge in [0.25, 0.3) is 5.91 Å². The van der Waals surface area contributed by atoms with Crippen LogP contribution in [-0.4, -0.2) is 37.6 Å². The van der Waals surface area contributed by atoms with Crippen molar-refractivity contribution in [2.45, 2.75) is 19.6 Å². The Morgan fingerprint density at radius 1 is 1.00 bits per heavy atom. The van der Waals surface area contributed by atoms with Crippen LogP contribution in [0.3, 0.4) is 0 Å². The maximum Gasteiger partial charge on any atom is 0.261 e. The Morgan fingerprint density at radius 2 is 1.69 bits per heavy atom. The number of carbonyl (C=O) groups is 2. The molecule has 164 valence electrons. The van der Waals surface area contributed by atoms with Gasteiger partial charge in [0.15, 0.2) is 6.10 Å². The lowest BCUT2D eigenvalue weighted by atomic mass is 10.1. The van der Waals surface area contributed by atoms with Gasteiger partial charge < -0.3 is 20.3 Å². The zero-order valence-electron chi connectivity index (χ0n) is 18.1. The zero-order chi connectivity index (χ0) is 22.3. The summed E-state index contributed by atoms with van der Waals surface area (Å²) in [7, 11) is 0. The molecule has 6 heteroatoms. The Morgan fingerprint density at radius 3 is 2.38 bits per heavy atom. The second-order valence-electron chi connectivity index (χ2n) is 7.81. The molecule has 1 saturated heterocycles. The number of amides is 2. The van der Waals surface area contributed by atoms with Crippen molar-refractivity contribution < 1.29 is 14.3 Å². The first-order valence-corrected chi connectivity index (χ1v) is 10.8. The number of rotatable bonds is 7. The molecule has 1 unspecified atom stereocenters. The van der Waals surface area contributed by atoms with Gasteiger partial charge in [-0.25, -0.2) is 0 Å². The van der Waals surface area contributed by atoms with Gasteiger partial charge >= 0.3 is 0 Å². The van der Waals surface area contributed by atoms with E-state index >= 15 is 0 Å². The Hall–Kier alpha value is -3.80. The molecule has 3 aromatic carbocycles. The summed E-state index contributed by atoms with van der Waals surface area (Å²) in [4.78, 5) is 26.1. The van der Waals surface area contributed by atoms with Crippen molar-refractivity contribution in [1.29, 1.82) is 0 Å². The van der Waals surface area contributed by atoms with Gasteiger partial charge in [-0.15, -0.1) is 0 Å². The van der Waals surface area contributed by atoms with Gasteiger partial charge in [0.2, 0.25) is 5.91 Å². The molecule has 0 saturated carbocycles. The highest BCUT2D eigenvalue weighted by atomic mass is 16.5. The standard InChI is InChI=1S/C26H27N3O3/c1-19(32-24-13-9-22(10-14-24)21-5-3-2-4-6-21)26(31)28-17-20-7-11-23(12-8-20)29-16-15-27-25(30)18-29/h2-14,19H,15-18H2,1H3,(H,27,30)(H,28,31). The molecule has 0 aromatic heterocycles. The summed E-state index contributed by atoms with van der Waals surface area (Å²) in [6, 6.07) is 25.8. The minimum Gasteiger partial charge on any atom is -0.481 e. The largest absolute Gasteiger partial charge is 0.481 e. The summed E-state index contributed by atoms with van der Waals surface area (Å²) in [5.41, 5.74) is 4.23. The number of nitrogens with one attached hydrogen (secondary N) is 2. The minimum atomic E-state index is -0.608. The molecule has 0 radical (unpaired) electrons. The maximum atomic E-state index is 12.5. The number of hydrogen-bond donors (Lipinski definition) is 2. The molecule has 32 heavy (non-hydrogen) atoms. The van der Waals surface area contributed by atoms with Crippen LogP contribution in [0.2, 0.25) is 0 Å². The fourth-order valence-corrected chi connectivity index (χ4v) is 3.63. The van der Waals surface area contributed by atoms with E-state index in [9.17, 15) is 9.59 Å². The van der Waals surface area contributed by atoms with Crippen LogP contribution in [0.5, 0.6) is 5.75 Å². The van der Waals surface area contributed by atoms with Crippen molar-refractivity contribution in [1.82, 2.24) is 10.6 Å². The van der Waals surface area contributed by atoms with E-state index in [0.29, 0.717) is 25.4 Å². The van der Waals surface area contributed by atoms with Crippen LogP contribution >= 0.6 is 0 Å². The van der Waals surface area contributed by atoms with E-state index in [1.165, 1.54) is 0 Å². The number of hydrogen-bond acceptors (Lipinski definition) is 4. The third-order valence-electron chi connectivity index (χ3n) is 5.45. The van der Waals surface area contributed by atoms with Crippen LogP contribution in [0.25, 0.3) is 11.1 Å². The van der Waals surface area contributed by atoms with Crippen molar-refractivity contribution in [2.24, 2.45) is 0 Å². The molecule has 1 atom stereocenters. The summed E-state index contributed by atoms with van der Waals surface area (Å²) >= 11 is 0. The van der Waals surface area contributed by atoms with Crippen molar-refractivity contribution in [3.63, 3.8) is 0 Å². The van der Waals surface area contributed by atoms with Crippen LogP contribution in [0.4, 0.5) is 5.69 Å². The van der Waals surface area contributed by atoms with Crippen molar-refractivity contribution >= 4 is 17.5 Å². The van der Waals surface area contributed by atoms with E-state index in [1.807, 2.05) is 71.6 Å². The summed E-state index contributed by atoms with van der Waals surface area (Å²) in [5, 5.41) is 5.74. The van der Waals surface area contributed by atoms with E-state index in [-0.39, 0.29) is 11.8 Å². The van der Waals surface area contributed by atoms with Gasteiger partial charge in [-0.2, -0.15) is 0 Å². The van der Waals surface area contributed by atoms with Gasteiger partial charge in [-0.3, -0.25) is 9.59 Å². The second-order valence-corrected chi connectivity index (χ2v) is 7.81. The normalized spacial score (nSPS) is 14.4. The molecule has 3 aromatic rings. The highest BCUT2D eigenvalue weighted by Gasteiger charge is 2.17. The SMILES string of the molecule is CC(Oc1ccc(-c2ccccc2)cc1)C(=O)NCc1ccc(N2CCNC(=O)C2)cc1. The summed E-state index contributed by atoms with van der Waals surface area (Å²) in [6.45, 7) is 3.98. The fourth-order valence-electron chi connectivity index (χ4n) is 3.63. The number of nitrogens with zero attached hydrogens (tertiary/aromatic N) is 1. The number of ether oxygens (including phenoxy) is 1. The lowest BCUT2D eigenvalue weighted by molar-refractivity contribution is -0.127. The van der Waals surface area contributed by atoms with E-state index < -0.39 is 6.10 Å². The Labute approximate surface area is 188 Å². The van der Waals surface area contributed by atoms with Crippen LogP contribution in [0, 0.1) is 0 Å². The molecule has 1 aliphatic heterocycles. The third-order valence-corrected chi connectivity index (χ3v) is 5.45. The highest BCUT2D eigenvalue weighted by molar-refractivity contribution is 5.82. The van der Waals surface area contributed by atoms with Gasteiger partial charge in [0.05, 0.1) is 6.54 Å². The highest BCUT2D eigenvalue weighted by Crippen LogP contribution is 2.22. The van der Waals surface area contributed by atoms with Crippen LogP contribution in [0.1, 0.15) is 12.5 Å². The first kappa shape index (κ1) is 21.4. The molecule has 0 bridgehead atoms. The smallest absolute Gasteiger partial charge is 0.261 e. The van der Waals surface area contributed by atoms with E-state index in [1.54, 1.807) is 6.92 Å². The van der Waals surface area contributed by atoms with Crippen LogP contribution < -0.4 is 20.3 Å². The van der Waals surface area contributed by atoms with Crippen molar-refractivity contribution in [2.75, 3.05) is 24.5 Å². The molecule has 2 N–H and O–H groups in total. The number of benzene rings is 3. The summed E-state index contributed by atoms with van der Waals surface area (Å²) < 4.78 is 5.81. The van der Waals surface area contributed by atoms with Crippen molar-refractivity contribution in [3.8, 4) is 16.9 Å². The van der Waals surface area contributed by atoms with E-state index in [0.717, 1.165) is 28.9 Å². The fraction of sp³-hybridized carbons (Fsp3) is 0.231. The molecule has 1 fully saturated rings. The summed E-state index contributed by atoms with van der Waals surface area (Å²) in [5.74, 6) is 0.521. The topological polar surface area (TPSA) is 70.7 Å². The van der Waals surface area contributed by atoms with Crippen molar-refractivity contribution in [3.05, 3.63) is 84.4 Å². The minimum absolute atomic E-state index is 0.0382. The molecule has 2 amide bonds. The summed E-state index contributed by atoms with van der Waals surface area (Å²) in [6.07, 6.45) is -0.608. The predicted octanol–water partition coefficient (Wildman–Crippen LogP) is 3.37. The van der Waals surface area contributed by atoms with Gasteiger partial charge in [0.1, 0.15) is 5.75 Å². The zero-order valence-corrected chi connectivity index (χ0v) is 18.1. The molecular weight excluding hydrogens is 402 g/mol. The van der Waals surface area contributed by atoms with Gasteiger partial charge in [-0.05, 0) is 47.9 Å². The number of anilines is 1.